The SMILES string of the molecule is O=Cc1cc2nc(C3CC3)sc2cc1Cl. The molecule has 1 aliphatic carbocycles. The Kier molecular flexibility index (Phi) is 2.04. The zero-order valence-corrected chi connectivity index (χ0v) is 9.44. The summed E-state index contributed by atoms with van der Waals surface area (Å²) in [6, 6.07) is 3.61. The maximum Gasteiger partial charge on any atom is 0.151 e. The number of carbonyl (C=O) groups is 1. The first-order valence-electron chi connectivity index (χ1n) is 4.83. The van der Waals surface area contributed by atoms with Crippen molar-refractivity contribution in [1.82, 2.24) is 4.98 Å². The molecule has 0 aliphatic heterocycles. The van der Waals surface area contributed by atoms with Gasteiger partial charge in [0, 0.05) is 11.5 Å². The lowest BCUT2D eigenvalue weighted by atomic mass is 10.2. The lowest BCUT2D eigenvalue weighted by molar-refractivity contribution is 0.112. The summed E-state index contributed by atoms with van der Waals surface area (Å²) in [7, 11) is 0. The van der Waals surface area contributed by atoms with Gasteiger partial charge in [0.2, 0.25) is 0 Å². The molecule has 15 heavy (non-hydrogen) atoms. The average molecular weight is 238 g/mol. The van der Waals surface area contributed by atoms with Crippen molar-refractivity contribution in [2.45, 2.75) is 18.8 Å². The zero-order valence-electron chi connectivity index (χ0n) is 7.87. The number of hydrogen-bond donors (Lipinski definition) is 0. The van der Waals surface area contributed by atoms with Crippen LogP contribution < -0.4 is 0 Å². The Balaban J connectivity index is 2.20. The van der Waals surface area contributed by atoms with Crippen LogP contribution >= 0.6 is 22.9 Å². The molecule has 2 nitrogen and oxygen atoms in total. The fourth-order valence-electron chi connectivity index (χ4n) is 1.58. The Bertz CT molecular complexity index is 545. The van der Waals surface area contributed by atoms with Crippen LogP contribution in [0.25, 0.3) is 10.2 Å². The third-order valence-electron chi connectivity index (χ3n) is 2.58. The van der Waals surface area contributed by atoms with Gasteiger partial charge in [0.05, 0.1) is 20.2 Å². The van der Waals surface area contributed by atoms with Crippen LogP contribution in [0.2, 0.25) is 5.02 Å². The van der Waals surface area contributed by atoms with E-state index in [0.717, 1.165) is 16.5 Å². The van der Waals surface area contributed by atoms with E-state index in [1.54, 1.807) is 17.4 Å². The summed E-state index contributed by atoms with van der Waals surface area (Å²) in [4.78, 5) is 15.2. The number of carbonyl (C=O) groups excluding carboxylic acids is 1. The fourth-order valence-corrected chi connectivity index (χ4v) is 3.01. The largest absolute Gasteiger partial charge is 0.298 e. The number of fused-ring (bicyclic) bond motifs is 1. The number of hydrogen-bond acceptors (Lipinski definition) is 3. The molecule has 1 heterocycles. The second-order valence-corrected chi connectivity index (χ2v) is 5.26. The Hall–Kier alpha value is -0.930. The van der Waals surface area contributed by atoms with Crippen LogP contribution in [-0.2, 0) is 0 Å². The predicted octanol–water partition coefficient (Wildman–Crippen LogP) is 3.64. The van der Waals surface area contributed by atoms with Gasteiger partial charge in [0.15, 0.2) is 6.29 Å². The van der Waals surface area contributed by atoms with Crippen molar-refractivity contribution in [1.29, 1.82) is 0 Å². The van der Waals surface area contributed by atoms with Crippen LogP contribution in [0.4, 0.5) is 0 Å². The van der Waals surface area contributed by atoms with Crippen LogP contribution in [0, 0.1) is 0 Å². The average Bonchev–Trinajstić information content (AvgIpc) is 2.99. The highest BCUT2D eigenvalue weighted by Crippen LogP contribution is 2.43. The van der Waals surface area contributed by atoms with Crippen molar-refractivity contribution in [2.24, 2.45) is 0 Å². The minimum absolute atomic E-state index is 0.517. The van der Waals surface area contributed by atoms with E-state index in [1.165, 1.54) is 17.8 Å². The predicted molar refractivity (Wildman–Crippen MR) is 62.0 cm³/mol. The Morgan fingerprint density at radius 3 is 2.93 bits per heavy atom. The minimum atomic E-state index is 0.517. The number of aromatic nitrogens is 1. The van der Waals surface area contributed by atoms with Crippen molar-refractivity contribution in [3.8, 4) is 0 Å². The number of aldehydes is 1. The van der Waals surface area contributed by atoms with Crippen molar-refractivity contribution in [2.75, 3.05) is 0 Å². The van der Waals surface area contributed by atoms with Crippen molar-refractivity contribution < 1.29 is 4.79 Å². The van der Waals surface area contributed by atoms with E-state index in [1.807, 2.05) is 6.07 Å². The van der Waals surface area contributed by atoms with Crippen LogP contribution in [0.15, 0.2) is 12.1 Å². The Morgan fingerprint density at radius 1 is 1.47 bits per heavy atom. The molecule has 1 fully saturated rings. The molecule has 3 rings (SSSR count). The molecular weight excluding hydrogens is 230 g/mol. The van der Waals surface area contributed by atoms with Crippen molar-refractivity contribution in [3.63, 3.8) is 0 Å². The quantitative estimate of drug-likeness (QED) is 0.747. The second kappa shape index (κ2) is 3.29. The minimum Gasteiger partial charge on any atom is -0.298 e. The van der Waals surface area contributed by atoms with E-state index in [2.05, 4.69) is 4.98 Å². The van der Waals surface area contributed by atoms with Crippen molar-refractivity contribution in [3.05, 3.63) is 27.7 Å². The van der Waals surface area contributed by atoms with E-state index < -0.39 is 0 Å². The van der Waals surface area contributed by atoms with Gasteiger partial charge in [0.25, 0.3) is 0 Å². The molecule has 0 bridgehead atoms. The Labute approximate surface area is 95.9 Å². The number of rotatable bonds is 2. The molecule has 2 aromatic rings. The summed E-state index contributed by atoms with van der Waals surface area (Å²) in [5, 5.41) is 1.70. The number of halogens is 1. The molecule has 0 amide bonds. The fraction of sp³-hybridized carbons (Fsp3) is 0.273. The van der Waals surface area contributed by atoms with Crippen LogP contribution in [0.3, 0.4) is 0 Å². The summed E-state index contributed by atoms with van der Waals surface area (Å²) in [5.41, 5.74) is 1.42. The highest BCUT2D eigenvalue weighted by atomic mass is 35.5. The molecule has 1 aromatic carbocycles. The molecule has 0 atom stereocenters. The van der Waals surface area contributed by atoms with Gasteiger partial charge in [-0.3, -0.25) is 4.79 Å². The molecule has 1 saturated carbocycles. The van der Waals surface area contributed by atoms with Crippen LogP contribution in [-0.4, -0.2) is 11.3 Å². The number of benzene rings is 1. The van der Waals surface area contributed by atoms with Crippen molar-refractivity contribution >= 4 is 39.4 Å². The molecular formula is C11H8ClNOS. The molecule has 76 valence electrons. The zero-order chi connectivity index (χ0) is 10.4. The molecule has 1 aliphatic rings. The molecule has 0 N–H and O–H groups in total. The van der Waals surface area contributed by atoms with Crippen LogP contribution in [0.1, 0.15) is 34.1 Å². The van der Waals surface area contributed by atoms with Gasteiger partial charge in [-0.25, -0.2) is 4.98 Å². The van der Waals surface area contributed by atoms with E-state index >= 15 is 0 Å². The van der Waals surface area contributed by atoms with Gasteiger partial charge in [-0.1, -0.05) is 11.6 Å². The van der Waals surface area contributed by atoms with Gasteiger partial charge in [-0.15, -0.1) is 11.3 Å². The van der Waals surface area contributed by atoms with E-state index in [-0.39, 0.29) is 0 Å². The maximum absolute atomic E-state index is 10.7. The van der Waals surface area contributed by atoms with E-state index in [9.17, 15) is 4.79 Å². The summed E-state index contributed by atoms with van der Waals surface area (Å²) < 4.78 is 1.08. The first-order chi connectivity index (χ1) is 7.28. The highest BCUT2D eigenvalue weighted by molar-refractivity contribution is 7.18. The lowest BCUT2D eigenvalue weighted by Crippen LogP contribution is -1.81. The number of nitrogens with zero attached hydrogens (tertiary/aromatic N) is 1. The lowest BCUT2D eigenvalue weighted by Gasteiger charge is -1.93. The summed E-state index contributed by atoms with van der Waals surface area (Å²) >= 11 is 7.65. The van der Waals surface area contributed by atoms with E-state index in [0.29, 0.717) is 16.5 Å². The Morgan fingerprint density at radius 2 is 2.27 bits per heavy atom. The first-order valence-corrected chi connectivity index (χ1v) is 6.02. The molecule has 0 saturated heterocycles. The number of thiazole rings is 1. The van der Waals surface area contributed by atoms with Crippen LogP contribution in [0.5, 0.6) is 0 Å². The second-order valence-electron chi connectivity index (χ2n) is 3.79. The van der Waals surface area contributed by atoms with Gasteiger partial charge >= 0.3 is 0 Å². The summed E-state index contributed by atoms with van der Waals surface area (Å²) in [6.45, 7) is 0. The third kappa shape index (κ3) is 1.56. The summed E-state index contributed by atoms with van der Waals surface area (Å²) in [6.07, 6.45) is 3.26. The van der Waals surface area contributed by atoms with Gasteiger partial charge in [-0.05, 0) is 25.0 Å². The van der Waals surface area contributed by atoms with Gasteiger partial charge in [0.1, 0.15) is 0 Å². The molecule has 0 spiro atoms. The standard InChI is InChI=1S/C11H8ClNOS/c12-8-4-10-9(3-7(8)5-14)13-11(15-10)6-1-2-6/h3-6H,1-2H2. The normalized spacial score (nSPS) is 15.8. The maximum atomic E-state index is 10.7. The topological polar surface area (TPSA) is 30.0 Å². The van der Waals surface area contributed by atoms with Gasteiger partial charge in [-0.2, -0.15) is 0 Å². The smallest absolute Gasteiger partial charge is 0.151 e. The van der Waals surface area contributed by atoms with E-state index in [4.69, 9.17) is 11.6 Å². The molecule has 0 unspecified atom stereocenters. The monoisotopic (exact) mass is 237 g/mol. The molecule has 4 heteroatoms. The highest BCUT2D eigenvalue weighted by Gasteiger charge is 2.27. The first kappa shape index (κ1) is 9.31. The van der Waals surface area contributed by atoms with Gasteiger partial charge < -0.3 is 0 Å². The third-order valence-corrected chi connectivity index (χ3v) is 4.08. The summed E-state index contributed by atoms with van der Waals surface area (Å²) in [5.74, 6) is 0.654. The molecule has 1 aromatic heterocycles. The molecule has 0 radical (unpaired) electrons.